The molecule has 0 unspecified atom stereocenters. The van der Waals surface area contributed by atoms with Crippen molar-refractivity contribution >= 4 is 16.3 Å². The van der Waals surface area contributed by atoms with Gasteiger partial charge >= 0.3 is 0 Å². The van der Waals surface area contributed by atoms with Gasteiger partial charge in [0.25, 0.3) is 0 Å². The molecule has 0 radical (unpaired) electrons. The van der Waals surface area contributed by atoms with Crippen molar-refractivity contribution in [2.24, 2.45) is 0 Å². The summed E-state index contributed by atoms with van der Waals surface area (Å²) in [7, 11) is 0. The van der Waals surface area contributed by atoms with Gasteiger partial charge in [-0.05, 0) is 6.92 Å². The van der Waals surface area contributed by atoms with Crippen molar-refractivity contribution in [3.05, 3.63) is 23.0 Å². The summed E-state index contributed by atoms with van der Waals surface area (Å²) < 4.78 is 2.09. The van der Waals surface area contributed by atoms with E-state index in [1.165, 1.54) is 5.69 Å². The number of nitrogens with zero attached hydrogens (tertiary/aromatic N) is 2. The van der Waals surface area contributed by atoms with E-state index < -0.39 is 0 Å². The maximum atomic E-state index is 8.65. The molecule has 0 spiro atoms. The Morgan fingerprint density at radius 1 is 1.64 bits per heavy atom. The van der Waals surface area contributed by atoms with Crippen LogP contribution in [0.4, 0.5) is 0 Å². The van der Waals surface area contributed by atoms with Crippen molar-refractivity contribution in [1.29, 1.82) is 0 Å². The van der Waals surface area contributed by atoms with Gasteiger partial charge in [-0.25, -0.2) is 4.98 Å². The number of hydrogen-bond donors (Lipinski definition) is 2. The van der Waals surface area contributed by atoms with Crippen molar-refractivity contribution in [2.75, 3.05) is 13.2 Å². The average Bonchev–Trinajstić information content (AvgIpc) is 2.69. The van der Waals surface area contributed by atoms with Crippen LogP contribution in [0.15, 0.2) is 11.6 Å². The van der Waals surface area contributed by atoms with Crippen LogP contribution in [-0.4, -0.2) is 27.6 Å². The molecule has 0 saturated heterocycles. The van der Waals surface area contributed by atoms with Crippen LogP contribution in [-0.2, 0) is 6.54 Å². The van der Waals surface area contributed by atoms with Crippen molar-refractivity contribution in [3.63, 3.8) is 0 Å². The normalized spacial score (nSPS) is 11.3. The summed E-state index contributed by atoms with van der Waals surface area (Å²) in [6.45, 7) is 3.56. The summed E-state index contributed by atoms with van der Waals surface area (Å²) in [4.78, 5) is 5.46. The van der Waals surface area contributed by atoms with E-state index in [-0.39, 0.29) is 6.61 Å². The molecular formula is C9H13N3OS. The van der Waals surface area contributed by atoms with Gasteiger partial charge < -0.3 is 10.4 Å². The first kappa shape index (κ1) is 9.64. The number of aromatic nitrogens is 2. The van der Waals surface area contributed by atoms with Crippen molar-refractivity contribution in [2.45, 2.75) is 13.5 Å². The van der Waals surface area contributed by atoms with Gasteiger partial charge in [0.1, 0.15) is 0 Å². The van der Waals surface area contributed by atoms with Crippen LogP contribution >= 0.6 is 11.3 Å². The lowest BCUT2D eigenvalue weighted by Crippen LogP contribution is -2.18. The Morgan fingerprint density at radius 2 is 2.50 bits per heavy atom. The minimum atomic E-state index is 0.171. The van der Waals surface area contributed by atoms with Crippen LogP contribution in [0.1, 0.15) is 11.4 Å². The monoisotopic (exact) mass is 211 g/mol. The molecule has 0 aromatic carbocycles. The van der Waals surface area contributed by atoms with Gasteiger partial charge in [0, 0.05) is 24.7 Å². The highest BCUT2D eigenvalue weighted by Gasteiger charge is 2.07. The molecule has 2 N–H and O–H groups in total. The molecule has 0 bridgehead atoms. The van der Waals surface area contributed by atoms with Crippen LogP contribution < -0.4 is 5.32 Å². The zero-order valence-corrected chi connectivity index (χ0v) is 8.84. The number of imidazole rings is 1. The Morgan fingerprint density at radius 3 is 3.29 bits per heavy atom. The third-order valence-corrected chi connectivity index (χ3v) is 2.90. The summed E-state index contributed by atoms with van der Waals surface area (Å²) >= 11 is 1.64. The molecule has 0 aliphatic carbocycles. The van der Waals surface area contributed by atoms with E-state index in [9.17, 15) is 0 Å². The highest BCUT2D eigenvalue weighted by molar-refractivity contribution is 7.15. The van der Waals surface area contributed by atoms with Crippen molar-refractivity contribution in [3.8, 4) is 0 Å². The molecule has 76 valence electrons. The Kier molecular flexibility index (Phi) is 2.81. The maximum Gasteiger partial charge on any atom is 0.194 e. The van der Waals surface area contributed by atoms with Crippen molar-refractivity contribution in [1.82, 2.24) is 14.7 Å². The van der Waals surface area contributed by atoms with E-state index in [4.69, 9.17) is 5.11 Å². The molecule has 0 aliphatic heterocycles. The third kappa shape index (κ3) is 1.66. The molecule has 2 heterocycles. The van der Waals surface area contributed by atoms with E-state index >= 15 is 0 Å². The predicted octanol–water partition coefficient (Wildman–Crippen LogP) is 0.786. The highest BCUT2D eigenvalue weighted by atomic mass is 32.1. The quantitative estimate of drug-likeness (QED) is 0.735. The number of thiazole rings is 1. The molecule has 0 atom stereocenters. The van der Waals surface area contributed by atoms with E-state index in [1.54, 1.807) is 11.3 Å². The molecule has 2 rings (SSSR count). The molecule has 0 amide bonds. The summed E-state index contributed by atoms with van der Waals surface area (Å²) in [6.07, 6.45) is 2.02. The fourth-order valence-corrected chi connectivity index (χ4v) is 2.22. The second-order valence-corrected chi connectivity index (χ2v) is 3.97. The summed E-state index contributed by atoms with van der Waals surface area (Å²) in [6, 6.07) is 0. The Balaban J connectivity index is 2.21. The van der Waals surface area contributed by atoms with Gasteiger partial charge in [0.15, 0.2) is 4.96 Å². The van der Waals surface area contributed by atoms with E-state index in [1.807, 2.05) is 18.5 Å². The zero-order valence-electron chi connectivity index (χ0n) is 8.03. The lowest BCUT2D eigenvalue weighted by Gasteiger charge is -2.02. The molecule has 4 nitrogen and oxygen atoms in total. The Bertz CT molecular complexity index is 421. The lowest BCUT2D eigenvalue weighted by atomic mass is 10.3. The number of hydrogen-bond acceptors (Lipinski definition) is 4. The molecule has 0 saturated carbocycles. The molecular weight excluding hydrogens is 198 g/mol. The smallest absolute Gasteiger partial charge is 0.194 e. The summed E-state index contributed by atoms with van der Waals surface area (Å²) in [5, 5.41) is 13.8. The molecule has 2 aromatic heterocycles. The molecule has 0 aliphatic rings. The first-order valence-electron chi connectivity index (χ1n) is 4.55. The van der Waals surface area contributed by atoms with Crippen LogP contribution in [0.5, 0.6) is 0 Å². The number of aryl methyl sites for hydroxylation is 1. The molecule has 0 fully saturated rings. The van der Waals surface area contributed by atoms with Crippen LogP contribution in [0.3, 0.4) is 0 Å². The van der Waals surface area contributed by atoms with Crippen LogP contribution in [0, 0.1) is 6.92 Å². The SMILES string of the molecule is Cc1nc2sccn2c1CNCCO. The molecule has 5 heteroatoms. The van der Waals surface area contributed by atoms with Gasteiger partial charge in [-0.1, -0.05) is 0 Å². The standard InChI is InChI=1S/C9H13N3OS/c1-7-8(6-10-2-4-13)12-3-5-14-9(12)11-7/h3,5,10,13H,2,4,6H2,1H3. The lowest BCUT2D eigenvalue weighted by molar-refractivity contribution is 0.291. The highest BCUT2D eigenvalue weighted by Crippen LogP contribution is 2.16. The van der Waals surface area contributed by atoms with Crippen molar-refractivity contribution < 1.29 is 5.11 Å². The number of rotatable bonds is 4. The fourth-order valence-electron chi connectivity index (χ4n) is 1.44. The third-order valence-electron chi connectivity index (χ3n) is 2.14. The van der Waals surface area contributed by atoms with E-state index in [0.717, 1.165) is 17.2 Å². The maximum absolute atomic E-state index is 8.65. The number of aliphatic hydroxyl groups excluding tert-OH is 1. The largest absolute Gasteiger partial charge is 0.395 e. The number of aliphatic hydroxyl groups is 1. The average molecular weight is 211 g/mol. The first-order chi connectivity index (χ1) is 6.83. The van der Waals surface area contributed by atoms with Gasteiger partial charge in [-0.3, -0.25) is 4.40 Å². The number of nitrogens with one attached hydrogen (secondary N) is 1. The molecule has 2 aromatic rings. The Hall–Kier alpha value is -0.910. The summed E-state index contributed by atoms with van der Waals surface area (Å²) in [5.41, 5.74) is 2.23. The van der Waals surface area contributed by atoms with Gasteiger partial charge in [0.2, 0.25) is 0 Å². The minimum Gasteiger partial charge on any atom is -0.395 e. The zero-order chi connectivity index (χ0) is 9.97. The predicted molar refractivity (Wildman–Crippen MR) is 56.6 cm³/mol. The Labute approximate surface area is 86.2 Å². The van der Waals surface area contributed by atoms with Gasteiger partial charge in [-0.2, -0.15) is 0 Å². The second-order valence-electron chi connectivity index (χ2n) is 3.10. The fraction of sp³-hybridized carbons (Fsp3) is 0.444. The van der Waals surface area contributed by atoms with Gasteiger partial charge in [-0.15, -0.1) is 11.3 Å². The van der Waals surface area contributed by atoms with Crippen LogP contribution in [0.25, 0.3) is 4.96 Å². The van der Waals surface area contributed by atoms with E-state index in [0.29, 0.717) is 6.54 Å². The first-order valence-corrected chi connectivity index (χ1v) is 5.43. The van der Waals surface area contributed by atoms with Crippen LogP contribution in [0.2, 0.25) is 0 Å². The summed E-state index contributed by atoms with van der Waals surface area (Å²) in [5.74, 6) is 0. The topological polar surface area (TPSA) is 49.6 Å². The minimum absolute atomic E-state index is 0.171. The molecule has 14 heavy (non-hydrogen) atoms. The second kappa shape index (κ2) is 4.08. The number of fused-ring (bicyclic) bond motifs is 1. The van der Waals surface area contributed by atoms with Gasteiger partial charge in [0.05, 0.1) is 18.0 Å². The van der Waals surface area contributed by atoms with E-state index in [2.05, 4.69) is 14.7 Å².